The molecule has 0 aliphatic carbocycles. The first-order chi connectivity index (χ1) is 8.72. The Morgan fingerprint density at radius 2 is 1.94 bits per heavy atom. The van der Waals surface area contributed by atoms with Gasteiger partial charge >= 0.3 is 0 Å². The molecule has 3 heteroatoms. The van der Waals surface area contributed by atoms with Crippen molar-refractivity contribution in [2.24, 2.45) is 0 Å². The van der Waals surface area contributed by atoms with E-state index in [4.69, 9.17) is 11.0 Å². The molecule has 0 aliphatic rings. The number of nitrogens with one attached hydrogen (secondary N) is 1. The molecule has 0 amide bonds. The predicted octanol–water partition coefficient (Wildman–Crippen LogP) is 3.45. The zero-order valence-corrected chi connectivity index (χ0v) is 10.3. The van der Waals surface area contributed by atoms with Crippen LogP contribution in [-0.2, 0) is 6.42 Å². The number of benzene rings is 2. The van der Waals surface area contributed by atoms with Crippen molar-refractivity contribution in [3.05, 3.63) is 53.6 Å². The molecule has 90 valence electrons. The lowest BCUT2D eigenvalue weighted by Gasteiger charge is -2.09. The minimum atomic E-state index is 0.495. The second kappa shape index (κ2) is 5.24. The van der Waals surface area contributed by atoms with Crippen LogP contribution in [-0.4, -0.2) is 0 Å². The number of anilines is 3. The molecule has 3 N–H and O–H groups in total. The number of aryl methyl sites for hydroxylation is 1. The van der Waals surface area contributed by atoms with Gasteiger partial charge in [-0.25, -0.2) is 0 Å². The number of hydrogen-bond donors (Lipinski definition) is 2. The van der Waals surface area contributed by atoms with E-state index < -0.39 is 0 Å². The Balaban J connectivity index is 2.23. The fourth-order valence-corrected chi connectivity index (χ4v) is 1.78. The van der Waals surface area contributed by atoms with Gasteiger partial charge in [0.25, 0.3) is 0 Å². The quantitative estimate of drug-likeness (QED) is 0.804. The van der Waals surface area contributed by atoms with Crippen molar-refractivity contribution in [3.8, 4) is 6.07 Å². The summed E-state index contributed by atoms with van der Waals surface area (Å²) in [5, 5.41) is 12.1. The lowest BCUT2D eigenvalue weighted by molar-refractivity contribution is 1.14. The number of rotatable bonds is 3. The SMILES string of the molecule is CCc1cccc(Nc2ccc(C#N)c(N)c2)c1. The topological polar surface area (TPSA) is 61.8 Å². The van der Waals surface area contributed by atoms with Gasteiger partial charge in [-0.1, -0.05) is 19.1 Å². The van der Waals surface area contributed by atoms with Gasteiger partial charge in [0, 0.05) is 11.4 Å². The van der Waals surface area contributed by atoms with Crippen molar-refractivity contribution >= 4 is 17.1 Å². The fraction of sp³-hybridized carbons (Fsp3) is 0.133. The van der Waals surface area contributed by atoms with Crippen LogP contribution < -0.4 is 11.1 Å². The molecule has 0 saturated carbocycles. The van der Waals surface area contributed by atoms with E-state index in [0.717, 1.165) is 17.8 Å². The van der Waals surface area contributed by atoms with E-state index >= 15 is 0 Å². The van der Waals surface area contributed by atoms with Crippen LogP contribution in [0.4, 0.5) is 17.1 Å². The summed E-state index contributed by atoms with van der Waals surface area (Å²) in [7, 11) is 0. The van der Waals surface area contributed by atoms with Crippen LogP contribution in [0.25, 0.3) is 0 Å². The highest BCUT2D eigenvalue weighted by molar-refractivity contribution is 5.67. The molecule has 18 heavy (non-hydrogen) atoms. The van der Waals surface area contributed by atoms with Gasteiger partial charge in [-0.3, -0.25) is 0 Å². The van der Waals surface area contributed by atoms with Gasteiger partial charge in [-0.2, -0.15) is 5.26 Å². The van der Waals surface area contributed by atoms with Crippen LogP contribution in [0.15, 0.2) is 42.5 Å². The zero-order chi connectivity index (χ0) is 13.0. The summed E-state index contributed by atoms with van der Waals surface area (Å²) in [6.45, 7) is 2.12. The van der Waals surface area contributed by atoms with Crippen LogP contribution in [0.1, 0.15) is 18.1 Å². The van der Waals surface area contributed by atoms with Gasteiger partial charge in [0.2, 0.25) is 0 Å². The summed E-state index contributed by atoms with van der Waals surface area (Å²) in [5.41, 5.74) is 9.97. The van der Waals surface area contributed by atoms with Crippen molar-refractivity contribution in [1.82, 2.24) is 0 Å². The summed E-state index contributed by atoms with van der Waals surface area (Å²) >= 11 is 0. The highest BCUT2D eigenvalue weighted by atomic mass is 14.9. The first-order valence-electron chi connectivity index (χ1n) is 5.88. The largest absolute Gasteiger partial charge is 0.398 e. The van der Waals surface area contributed by atoms with Gasteiger partial charge < -0.3 is 11.1 Å². The van der Waals surface area contributed by atoms with E-state index in [9.17, 15) is 0 Å². The fourth-order valence-electron chi connectivity index (χ4n) is 1.78. The Bertz CT molecular complexity index is 597. The van der Waals surface area contributed by atoms with Crippen LogP contribution in [0.5, 0.6) is 0 Å². The molecule has 0 aromatic heterocycles. The molecular formula is C15H15N3. The van der Waals surface area contributed by atoms with Crippen molar-refractivity contribution in [2.45, 2.75) is 13.3 Å². The zero-order valence-electron chi connectivity index (χ0n) is 10.3. The molecule has 0 atom stereocenters. The minimum Gasteiger partial charge on any atom is -0.398 e. The number of nitrogens with two attached hydrogens (primary N) is 1. The van der Waals surface area contributed by atoms with Crippen LogP contribution in [0, 0.1) is 11.3 Å². The van der Waals surface area contributed by atoms with E-state index in [2.05, 4.69) is 30.4 Å². The Morgan fingerprint density at radius 3 is 2.61 bits per heavy atom. The molecule has 2 rings (SSSR count). The monoisotopic (exact) mass is 237 g/mol. The van der Waals surface area contributed by atoms with Crippen molar-refractivity contribution < 1.29 is 0 Å². The number of nitrogens with zero attached hydrogens (tertiary/aromatic N) is 1. The Morgan fingerprint density at radius 1 is 1.17 bits per heavy atom. The molecule has 0 saturated heterocycles. The normalized spacial score (nSPS) is 9.78. The van der Waals surface area contributed by atoms with Crippen molar-refractivity contribution in [3.63, 3.8) is 0 Å². The Hall–Kier alpha value is -2.47. The van der Waals surface area contributed by atoms with Crippen LogP contribution >= 0.6 is 0 Å². The molecular weight excluding hydrogens is 222 g/mol. The maximum Gasteiger partial charge on any atom is 0.101 e. The summed E-state index contributed by atoms with van der Waals surface area (Å²) in [5.74, 6) is 0. The first-order valence-corrected chi connectivity index (χ1v) is 5.88. The molecule has 3 nitrogen and oxygen atoms in total. The molecule has 0 fully saturated rings. The molecule has 0 radical (unpaired) electrons. The van der Waals surface area contributed by atoms with Gasteiger partial charge in [-0.05, 0) is 42.3 Å². The van der Waals surface area contributed by atoms with E-state index in [1.807, 2.05) is 18.2 Å². The standard InChI is InChI=1S/C15H15N3/c1-2-11-4-3-5-13(8-11)18-14-7-6-12(10-16)15(17)9-14/h3-9,18H,2,17H2,1H3. The Labute approximate surface area is 107 Å². The third-order valence-electron chi connectivity index (χ3n) is 2.80. The van der Waals surface area contributed by atoms with Gasteiger partial charge in [-0.15, -0.1) is 0 Å². The van der Waals surface area contributed by atoms with E-state index in [-0.39, 0.29) is 0 Å². The third kappa shape index (κ3) is 2.61. The molecule has 0 unspecified atom stereocenters. The van der Waals surface area contributed by atoms with Crippen molar-refractivity contribution in [1.29, 1.82) is 5.26 Å². The average Bonchev–Trinajstić information content (AvgIpc) is 2.39. The summed E-state index contributed by atoms with van der Waals surface area (Å²) in [6, 6.07) is 15.6. The number of nitrogen functional groups attached to an aromatic ring is 1. The molecule has 0 heterocycles. The molecule has 2 aromatic carbocycles. The molecule has 0 bridgehead atoms. The van der Waals surface area contributed by atoms with E-state index in [1.54, 1.807) is 12.1 Å². The third-order valence-corrected chi connectivity index (χ3v) is 2.80. The smallest absolute Gasteiger partial charge is 0.101 e. The predicted molar refractivity (Wildman–Crippen MR) is 74.7 cm³/mol. The lowest BCUT2D eigenvalue weighted by atomic mass is 10.1. The number of nitriles is 1. The molecule has 2 aromatic rings. The first kappa shape index (κ1) is 12.0. The van der Waals surface area contributed by atoms with Crippen molar-refractivity contribution in [2.75, 3.05) is 11.1 Å². The summed E-state index contributed by atoms with van der Waals surface area (Å²) in [6.07, 6.45) is 1.00. The van der Waals surface area contributed by atoms with Gasteiger partial charge in [0.1, 0.15) is 6.07 Å². The molecule has 0 spiro atoms. The average molecular weight is 237 g/mol. The second-order valence-corrected chi connectivity index (χ2v) is 4.09. The minimum absolute atomic E-state index is 0.495. The Kier molecular flexibility index (Phi) is 3.49. The van der Waals surface area contributed by atoms with E-state index in [0.29, 0.717) is 11.3 Å². The highest BCUT2D eigenvalue weighted by Gasteiger charge is 2.00. The van der Waals surface area contributed by atoms with Gasteiger partial charge in [0.05, 0.1) is 11.3 Å². The van der Waals surface area contributed by atoms with Gasteiger partial charge in [0.15, 0.2) is 0 Å². The maximum absolute atomic E-state index is 8.82. The summed E-state index contributed by atoms with van der Waals surface area (Å²) in [4.78, 5) is 0. The lowest BCUT2D eigenvalue weighted by Crippen LogP contribution is -1.95. The van der Waals surface area contributed by atoms with Crippen LogP contribution in [0.3, 0.4) is 0 Å². The molecule has 0 aliphatic heterocycles. The highest BCUT2D eigenvalue weighted by Crippen LogP contribution is 2.22. The number of hydrogen-bond acceptors (Lipinski definition) is 3. The van der Waals surface area contributed by atoms with E-state index in [1.165, 1.54) is 5.56 Å². The maximum atomic E-state index is 8.82. The summed E-state index contributed by atoms with van der Waals surface area (Å²) < 4.78 is 0. The van der Waals surface area contributed by atoms with Crippen LogP contribution in [0.2, 0.25) is 0 Å². The second-order valence-electron chi connectivity index (χ2n) is 4.09.